The molecule has 2 rings (SSSR count). The van der Waals surface area contributed by atoms with Crippen molar-refractivity contribution < 1.29 is 23.9 Å². The topological polar surface area (TPSA) is 95.5 Å². The number of carboxylic acid groups (broad SMARTS) is 1. The van der Waals surface area contributed by atoms with Gasteiger partial charge in [0.05, 0.1) is 0 Å². The molecule has 3 N–H and O–H groups in total. The van der Waals surface area contributed by atoms with Crippen LogP contribution in [0.3, 0.4) is 0 Å². The molecule has 2 aromatic rings. The fraction of sp³-hybridized carbons (Fsp3) is 0.190. The summed E-state index contributed by atoms with van der Waals surface area (Å²) in [5.41, 5.74) is 0.655. The second-order valence-electron chi connectivity index (χ2n) is 6.46. The van der Waals surface area contributed by atoms with E-state index in [-0.39, 0.29) is 11.6 Å². The van der Waals surface area contributed by atoms with Crippen molar-refractivity contribution >= 4 is 23.9 Å². The summed E-state index contributed by atoms with van der Waals surface area (Å²) in [6.45, 7) is 3.32. The first-order valence-corrected chi connectivity index (χ1v) is 8.65. The second-order valence-corrected chi connectivity index (χ2v) is 6.46. The van der Waals surface area contributed by atoms with Crippen molar-refractivity contribution in [1.82, 2.24) is 10.6 Å². The quantitative estimate of drug-likeness (QED) is 0.640. The van der Waals surface area contributed by atoms with Gasteiger partial charge in [-0.25, -0.2) is 9.18 Å². The van der Waals surface area contributed by atoms with E-state index in [4.69, 9.17) is 0 Å². The Labute approximate surface area is 162 Å². The van der Waals surface area contributed by atoms with Crippen molar-refractivity contribution in [3.63, 3.8) is 0 Å². The lowest BCUT2D eigenvalue weighted by atomic mass is 10.0. The van der Waals surface area contributed by atoms with Gasteiger partial charge >= 0.3 is 5.97 Å². The number of hydrogen-bond acceptors (Lipinski definition) is 3. The van der Waals surface area contributed by atoms with Crippen LogP contribution in [0.2, 0.25) is 0 Å². The smallest absolute Gasteiger partial charge is 0.326 e. The molecule has 146 valence electrons. The van der Waals surface area contributed by atoms with E-state index in [0.29, 0.717) is 11.1 Å². The molecule has 0 radical (unpaired) electrons. The molecule has 6 nitrogen and oxygen atoms in total. The zero-order chi connectivity index (χ0) is 20.7. The summed E-state index contributed by atoms with van der Waals surface area (Å²) in [6, 6.07) is 12.5. The first-order valence-electron chi connectivity index (χ1n) is 8.65. The van der Waals surface area contributed by atoms with Gasteiger partial charge in [-0.15, -0.1) is 0 Å². The highest BCUT2D eigenvalue weighted by molar-refractivity contribution is 6.06. The predicted octanol–water partition coefficient (Wildman–Crippen LogP) is 2.82. The Hall–Kier alpha value is -3.48. The number of benzene rings is 2. The summed E-state index contributed by atoms with van der Waals surface area (Å²) >= 11 is 0. The van der Waals surface area contributed by atoms with E-state index in [1.165, 1.54) is 30.3 Å². The van der Waals surface area contributed by atoms with Gasteiger partial charge in [0.15, 0.2) is 0 Å². The van der Waals surface area contributed by atoms with Gasteiger partial charge in [0.25, 0.3) is 11.8 Å². The minimum absolute atomic E-state index is 0.146. The number of rotatable bonds is 7. The monoisotopic (exact) mass is 384 g/mol. The maximum absolute atomic E-state index is 13.1. The third kappa shape index (κ3) is 5.77. The van der Waals surface area contributed by atoms with Crippen LogP contribution in [0.25, 0.3) is 6.08 Å². The lowest BCUT2D eigenvalue weighted by molar-refractivity contribution is -0.142. The highest BCUT2D eigenvalue weighted by Gasteiger charge is 2.25. The van der Waals surface area contributed by atoms with E-state index in [0.717, 1.165) is 0 Å². The minimum atomic E-state index is -1.18. The fourth-order valence-electron chi connectivity index (χ4n) is 2.40. The molecule has 7 heteroatoms. The van der Waals surface area contributed by atoms with Crippen molar-refractivity contribution in [1.29, 1.82) is 0 Å². The maximum Gasteiger partial charge on any atom is 0.326 e. The molecule has 0 aliphatic heterocycles. The number of carbonyl (C=O) groups excluding carboxylic acids is 2. The molecule has 0 heterocycles. The highest BCUT2D eigenvalue weighted by atomic mass is 19.1. The highest BCUT2D eigenvalue weighted by Crippen LogP contribution is 2.10. The van der Waals surface area contributed by atoms with E-state index in [1.54, 1.807) is 44.2 Å². The molecule has 0 saturated carbocycles. The lowest BCUT2D eigenvalue weighted by Crippen LogP contribution is -2.47. The normalized spacial score (nSPS) is 12.4. The molecule has 0 aliphatic rings. The lowest BCUT2D eigenvalue weighted by Gasteiger charge is -2.19. The molecule has 0 aliphatic carbocycles. The summed E-state index contributed by atoms with van der Waals surface area (Å²) in [5.74, 6) is -3.27. The van der Waals surface area contributed by atoms with E-state index < -0.39 is 29.6 Å². The van der Waals surface area contributed by atoms with E-state index in [2.05, 4.69) is 10.6 Å². The van der Waals surface area contributed by atoms with Crippen molar-refractivity contribution in [3.8, 4) is 0 Å². The first kappa shape index (κ1) is 20.8. The maximum atomic E-state index is 13.1. The fourth-order valence-corrected chi connectivity index (χ4v) is 2.40. The van der Waals surface area contributed by atoms with Gasteiger partial charge in [-0.2, -0.15) is 0 Å². The number of nitrogens with one attached hydrogen (secondary N) is 2. The molecule has 28 heavy (non-hydrogen) atoms. The van der Waals surface area contributed by atoms with Gasteiger partial charge in [0.2, 0.25) is 0 Å². The van der Waals surface area contributed by atoms with Crippen LogP contribution in [0, 0.1) is 11.7 Å². The van der Waals surface area contributed by atoms with Crippen LogP contribution in [0.5, 0.6) is 0 Å². The van der Waals surface area contributed by atoms with Crippen LogP contribution in [-0.2, 0) is 9.59 Å². The second kappa shape index (κ2) is 9.45. The number of halogens is 1. The zero-order valence-corrected chi connectivity index (χ0v) is 15.5. The van der Waals surface area contributed by atoms with Crippen LogP contribution in [0.15, 0.2) is 60.3 Å². The number of hydrogen-bond donors (Lipinski definition) is 3. The van der Waals surface area contributed by atoms with Crippen LogP contribution in [0.1, 0.15) is 29.8 Å². The Morgan fingerprint density at radius 2 is 1.61 bits per heavy atom. The van der Waals surface area contributed by atoms with Crippen LogP contribution >= 0.6 is 0 Å². The Kier molecular flexibility index (Phi) is 7.03. The Morgan fingerprint density at radius 1 is 1.00 bits per heavy atom. The van der Waals surface area contributed by atoms with Gasteiger partial charge in [0, 0.05) is 5.56 Å². The molecule has 0 fully saturated rings. The van der Waals surface area contributed by atoms with Gasteiger partial charge in [0.1, 0.15) is 17.6 Å². The number of carboxylic acids is 1. The Balaban J connectivity index is 2.32. The SMILES string of the molecule is CC(C)[C@H](NC(=O)/C(=C/c1ccc(F)cc1)NC(=O)c1ccccc1)C(=O)O. The van der Waals surface area contributed by atoms with Crippen LogP contribution < -0.4 is 10.6 Å². The number of amides is 2. The number of aliphatic carboxylic acids is 1. The summed E-state index contributed by atoms with van der Waals surface area (Å²) in [6.07, 6.45) is 1.36. The summed E-state index contributed by atoms with van der Waals surface area (Å²) in [7, 11) is 0. The van der Waals surface area contributed by atoms with Crippen molar-refractivity contribution in [2.24, 2.45) is 5.92 Å². The standard InChI is InChI=1S/C21H21FN2O4/c1-13(2)18(21(27)28)24-20(26)17(12-14-8-10-16(22)11-9-14)23-19(25)15-6-4-3-5-7-15/h3-13,18H,1-2H3,(H,23,25)(H,24,26)(H,27,28)/b17-12-/t18-/m0/s1. The van der Waals surface area contributed by atoms with Crippen LogP contribution in [0.4, 0.5) is 4.39 Å². The number of carbonyl (C=O) groups is 3. The molecular formula is C21H21FN2O4. The van der Waals surface area contributed by atoms with Crippen LogP contribution in [-0.4, -0.2) is 28.9 Å². The Morgan fingerprint density at radius 3 is 2.14 bits per heavy atom. The largest absolute Gasteiger partial charge is 0.480 e. The average molecular weight is 384 g/mol. The van der Waals surface area contributed by atoms with E-state index >= 15 is 0 Å². The molecule has 2 aromatic carbocycles. The first-order chi connectivity index (χ1) is 13.3. The van der Waals surface area contributed by atoms with Crippen molar-refractivity contribution in [2.75, 3.05) is 0 Å². The minimum Gasteiger partial charge on any atom is -0.480 e. The molecule has 0 unspecified atom stereocenters. The molecular weight excluding hydrogens is 363 g/mol. The van der Waals surface area contributed by atoms with Crippen molar-refractivity contribution in [3.05, 3.63) is 77.2 Å². The molecule has 0 aromatic heterocycles. The summed E-state index contributed by atoms with van der Waals surface area (Å²) < 4.78 is 13.1. The molecule has 0 saturated heterocycles. The summed E-state index contributed by atoms with van der Waals surface area (Å²) in [4.78, 5) is 36.5. The molecule has 1 atom stereocenters. The van der Waals surface area contributed by atoms with Gasteiger partial charge in [-0.3, -0.25) is 9.59 Å². The Bertz CT molecular complexity index is 877. The molecule has 2 amide bonds. The summed E-state index contributed by atoms with van der Waals surface area (Å²) in [5, 5.41) is 14.2. The van der Waals surface area contributed by atoms with E-state index in [1.807, 2.05) is 0 Å². The molecule has 0 bridgehead atoms. The third-order valence-corrected chi connectivity index (χ3v) is 3.93. The average Bonchev–Trinajstić information content (AvgIpc) is 2.67. The van der Waals surface area contributed by atoms with Gasteiger partial charge in [-0.05, 0) is 41.8 Å². The molecule has 0 spiro atoms. The predicted molar refractivity (Wildman–Crippen MR) is 103 cm³/mol. The third-order valence-electron chi connectivity index (χ3n) is 3.93. The zero-order valence-electron chi connectivity index (χ0n) is 15.5. The van der Waals surface area contributed by atoms with Gasteiger partial charge in [-0.1, -0.05) is 44.2 Å². The van der Waals surface area contributed by atoms with E-state index in [9.17, 15) is 23.9 Å². The van der Waals surface area contributed by atoms with Crippen molar-refractivity contribution in [2.45, 2.75) is 19.9 Å². The van der Waals surface area contributed by atoms with Gasteiger partial charge < -0.3 is 15.7 Å².